The molecule has 4 amide bonds. The minimum Gasteiger partial charge on any atom is -0.445 e. The number of nitrogens with zero attached hydrogens (tertiary/aromatic N) is 1. The Morgan fingerprint density at radius 2 is 1.13 bits per heavy atom. The highest BCUT2D eigenvalue weighted by Crippen LogP contribution is 2.12. The zero-order valence-electron chi connectivity index (χ0n) is 29.2. The molecular formula is C35H60N4O7. The molecule has 0 radical (unpaired) electrons. The zero-order valence-corrected chi connectivity index (χ0v) is 29.2. The molecule has 0 aliphatic rings. The Morgan fingerprint density at radius 1 is 0.609 bits per heavy atom. The molecule has 0 spiro atoms. The van der Waals surface area contributed by atoms with E-state index in [0.717, 1.165) is 63.4 Å². The Morgan fingerprint density at radius 3 is 1.78 bits per heavy atom. The van der Waals surface area contributed by atoms with Crippen molar-refractivity contribution in [2.45, 2.75) is 130 Å². The largest absolute Gasteiger partial charge is 0.445 e. The van der Waals surface area contributed by atoms with Crippen LogP contribution in [-0.4, -0.2) is 73.0 Å². The van der Waals surface area contributed by atoms with E-state index >= 15 is 0 Å². The van der Waals surface area contributed by atoms with E-state index in [1.54, 1.807) is 4.90 Å². The first-order valence-electron chi connectivity index (χ1n) is 16.9. The molecule has 0 bridgehead atoms. The molecule has 0 saturated heterocycles. The molecule has 0 saturated carbocycles. The van der Waals surface area contributed by atoms with E-state index in [4.69, 9.17) is 14.2 Å². The van der Waals surface area contributed by atoms with E-state index in [2.05, 4.69) is 16.0 Å². The third-order valence-corrected chi connectivity index (χ3v) is 6.66. The van der Waals surface area contributed by atoms with Crippen molar-refractivity contribution in [3.63, 3.8) is 0 Å². The van der Waals surface area contributed by atoms with Crippen LogP contribution in [-0.2, 0) is 25.6 Å². The van der Waals surface area contributed by atoms with E-state index in [1.165, 1.54) is 0 Å². The van der Waals surface area contributed by atoms with Crippen molar-refractivity contribution in [2.24, 2.45) is 0 Å². The lowest BCUT2D eigenvalue weighted by atomic mass is 10.1. The molecule has 1 rings (SSSR count). The smallest absolute Gasteiger partial charge is 0.410 e. The van der Waals surface area contributed by atoms with Crippen LogP contribution in [0, 0.1) is 0 Å². The summed E-state index contributed by atoms with van der Waals surface area (Å²) in [4.78, 5) is 50.2. The van der Waals surface area contributed by atoms with E-state index in [1.807, 2.05) is 71.9 Å². The predicted octanol–water partition coefficient (Wildman–Crippen LogP) is 7.08. The topological polar surface area (TPSA) is 135 Å². The van der Waals surface area contributed by atoms with Crippen LogP contribution in [0.4, 0.5) is 14.4 Å². The van der Waals surface area contributed by atoms with Gasteiger partial charge in [0, 0.05) is 39.1 Å². The van der Waals surface area contributed by atoms with Crippen LogP contribution in [0.25, 0.3) is 0 Å². The number of hydrogen-bond acceptors (Lipinski definition) is 7. The first-order chi connectivity index (χ1) is 21.7. The molecule has 0 aliphatic heterocycles. The molecule has 0 heterocycles. The second-order valence-corrected chi connectivity index (χ2v) is 13.5. The van der Waals surface area contributed by atoms with E-state index in [-0.39, 0.29) is 24.7 Å². The highest BCUT2D eigenvalue weighted by atomic mass is 16.6. The molecule has 46 heavy (non-hydrogen) atoms. The quantitative estimate of drug-likeness (QED) is 0.0957. The first kappa shape index (κ1) is 40.5. The summed E-state index contributed by atoms with van der Waals surface area (Å²) >= 11 is 0. The molecule has 11 nitrogen and oxygen atoms in total. The van der Waals surface area contributed by atoms with Crippen molar-refractivity contribution in [2.75, 3.05) is 32.7 Å². The molecule has 1 aromatic carbocycles. The van der Waals surface area contributed by atoms with Gasteiger partial charge in [-0.15, -0.1) is 0 Å². The fourth-order valence-corrected chi connectivity index (χ4v) is 4.40. The Hall–Kier alpha value is -3.50. The number of benzene rings is 1. The van der Waals surface area contributed by atoms with Crippen LogP contribution in [0.1, 0.15) is 118 Å². The highest BCUT2D eigenvalue weighted by molar-refractivity contribution is 5.75. The van der Waals surface area contributed by atoms with Crippen LogP contribution in [0.2, 0.25) is 0 Å². The Balaban J connectivity index is 2.08. The molecule has 0 atom stereocenters. The predicted molar refractivity (Wildman–Crippen MR) is 180 cm³/mol. The number of hydrogen-bond donors (Lipinski definition) is 3. The fraction of sp³-hybridized carbons (Fsp3) is 0.714. The second-order valence-electron chi connectivity index (χ2n) is 13.5. The number of rotatable bonds is 21. The fourth-order valence-electron chi connectivity index (χ4n) is 4.40. The lowest BCUT2D eigenvalue weighted by Crippen LogP contribution is -2.39. The number of ether oxygens (including phenoxy) is 3. The van der Waals surface area contributed by atoms with Crippen molar-refractivity contribution in [3.05, 3.63) is 35.9 Å². The van der Waals surface area contributed by atoms with Crippen molar-refractivity contribution in [1.29, 1.82) is 0 Å². The SMILES string of the molecule is CC(C)(C)OC(=O)NCCCN(CCCCNC(=O)CCCCCCCCCNC(=O)OCc1ccccc1)C(=O)OC(C)(C)C. The van der Waals surface area contributed by atoms with Crippen LogP contribution in [0.15, 0.2) is 30.3 Å². The second kappa shape index (κ2) is 22.9. The maximum Gasteiger partial charge on any atom is 0.410 e. The third kappa shape index (κ3) is 23.8. The Kier molecular flexibility index (Phi) is 20.2. The van der Waals surface area contributed by atoms with E-state index < -0.39 is 17.3 Å². The zero-order chi connectivity index (χ0) is 34.3. The van der Waals surface area contributed by atoms with Crippen molar-refractivity contribution in [1.82, 2.24) is 20.9 Å². The average Bonchev–Trinajstić information content (AvgIpc) is 2.96. The molecule has 0 unspecified atom stereocenters. The summed E-state index contributed by atoms with van der Waals surface area (Å²) in [5.74, 6) is 0.0578. The first-order valence-corrected chi connectivity index (χ1v) is 16.9. The minimum atomic E-state index is -0.601. The molecule has 1 aromatic rings. The van der Waals surface area contributed by atoms with Gasteiger partial charge in [0.25, 0.3) is 0 Å². The van der Waals surface area contributed by atoms with Crippen molar-refractivity contribution < 1.29 is 33.4 Å². The van der Waals surface area contributed by atoms with Gasteiger partial charge < -0.3 is 35.1 Å². The maximum atomic E-state index is 12.7. The molecule has 0 fully saturated rings. The lowest BCUT2D eigenvalue weighted by Gasteiger charge is -2.27. The minimum absolute atomic E-state index is 0.0578. The molecule has 11 heteroatoms. The van der Waals surface area contributed by atoms with Gasteiger partial charge in [-0.1, -0.05) is 62.4 Å². The van der Waals surface area contributed by atoms with E-state index in [0.29, 0.717) is 45.6 Å². The van der Waals surface area contributed by atoms with Gasteiger partial charge in [-0.3, -0.25) is 4.79 Å². The number of carbonyl (C=O) groups excluding carboxylic acids is 4. The van der Waals surface area contributed by atoms with Gasteiger partial charge in [-0.2, -0.15) is 0 Å². The summed E-state index contributed by atoms with van der Waals surface area (Å²) in [6.07, 6.45) is 8.48. The summed E-state index contributed by atoms with van der Waals surface area (Å²) in [6, 6.07) is 9.61. The standard InChI is InChI=1S/C35H60N4O7/c1-34(2,3)45-32(42)38-25-19-27-39(33(43)46-35(4,5)6)26-18-17-23-36-30(40)22-15-10-8-7-9-11-16-24-37-31(41)44-28-29-20-13-12-14-21-29/h12-14,20-21H,7-11,15-19,22-28H2,1-6H3,(H,36,40)(H,37,41)(H,38,42). The van der Waals surface area contributed by atoms with Crippen LogP contribution in [0.5, 0.6) is 0 Å². The highest BCUT2D eigenvalue weighted by Gasteiger charge is 2.22. The van der Waals surface area contributed by atoms with Crippen LogP contribution < -0.4 is 16.0 Å². The van der Waals surface area contributed by atoms with Gasteiger partial charge in [-0.05, 0) is 79.2 Å². The van der Waals surface area contributed by atoms with Crippen molar-refractivity contribution >= 4 is 24.2 Å². The van der Waals surface area contributed by atoms with Crippen molar-refractivity contribution in [3.8, 4) is 0 Å². The van der Waals surface area contributed by atoms with Gasteiger partial charge in [0.2, 0.25) is 5.91 Å². The average molecular weight is 649 g/mol. The number of unbranched alkanes of at least 4 members (excludes halogenated alkanes) is 7. The van der Waals surface area contributed by atoms with Crippen LogP contribution >= 0.6 is 0 Å². The normalized spacial score (nSPS) is 11.3. The molecule has 262 valence electrons. The Bertz CT molecular complexity index is 1010. The molecule has 0 aliphatic carbocycles. The number of amides is 4. The van der Waals surface area contributed by atoms with Gasteiger partial charge in [0.1, 0.15) is 17.8 Å². The summed E-state index contributed by atoms with van der Waals surface area (Å²) in [7, 11) is 0. The number of alkyl carbamates (subject to hydrolysis) is 2. The summed E-state index contributed by atoms with van der Waals surface area (Å²) < 4.78 is 16.0. The van der Waals surface area contributed by atoms with Gasteiger partial charge in [0.15, 0.2) is 0 Å². The van der Waals surface area contributed by atoms with Gasteiger partial charge in [0.05, 0.1) is 0 Å². The monoisotopic (exact) mass is 648 g/mol. The number of nitrogens with one attached hydrogen (secondary N) is 3. The molecule has 0 aromatic heterocycles. The molecule has 3 N–H and O–H groups in total. The maximum absolute atomic E-state index is 12.7. The molecular weight excluding hydrogens is 588 g/mol. The summed E-state index contributed by atoms with van der Waals surface area (Å²) in [5.41, 5.74) is -0.199. The Labute approximate surface area is 276 Å². The number of carbonyl (C=O) groups is 4. The van der Waals surface area contributed by atoms with Gasteiger partial charge in [-0.25, -0.2) is 14.4 Å². The van der Waals surface area contributed by atoms with Gasteiger partial charge >= 0.3 is 18.3 Å². The van der Waals surface area contributed by atoms with Crippen LogP contribution in [0.3, 0.4) is 0 Å². The summed E-state index contributed by atoms with van der Waals surface area (Å²) in [5, 5.41) is 8.49. The summed E-state index contributed by atoms with van der Waals surface area (Å²) in [6.45, 7) is 13.7. The third-order valence-electron chi connectivity index (χ3n) is 6.66. The lowest BCUT2D eigenvalue weighted by molar-refractivity contribution is -0.121. The van der Waals surface area contributed by atoms with E-state index in [9.17, 15) is 19.2 Å².